The molecule has 0 amide bonds. The van der Waals surface area contributed by atoms with E-state index in [2.05, 4.69) is 0 Å². The molecule has 8 heavy (non-hydrogen) atoms. The standard InChI is InChI=1S/C5H11NO2/c1-3(2)4(6)5(7)8/h3-4H,6H2,1-2H3,(H,7,8)/t4-/m0/s1/i3D. The van der Waals surface area contributed by atoms with Crippen LogP contribution in [-0.2, 0) is 4.79 Å². The molecule has 0 aliphatic rings. The van der Waals surface area contributed by atoms with Gasteiger partial charge < -0.3 is 10.8 Å². The molecule has 0 aromatic carbocycles. The Balaban J connectivity index is 4.04. The molecule has 3 heteroatoms. The van der Waals surface area contributed by atoms with Gasteiger partial charge in [0.25, 0.3) is 0 Å². The van der Waals surface area contributed by atoms with Gasteiger partial charge in [0, 0.05) is 1.37 Å². The van der Waals surface area contributed by atoms with Gasteiger partial charge in [-0.15, -0.1) is 0 Å². The molecule has 0 radical (unpaired) electrons. The molecule has 0 aromatic heterocycles. The van der Waals surface area contributed by atoms with Crippen LogP contribution in [0.15, 0.2) is 0 Å². The lowest BCUT2D eigenvalue weighted by atomic mass is 10.1. The zero-order valence-corrected chi connectivity index (χ0v) is 5.01. The first-order valence-corrected chi connectivity index (χ1v) is 2.34. The van der Waals surface area contributed by atoms with E-state index < -0.39 is 17.9 Å². The van der Waals surface area contributed by atoms with Crippen LogP contribution >= 0.6 is 0 Å². The van der Waals surface area contributed by atoms with Crippen molar-refractivity contribution in [2.24, 2.45) is 11.6 Å². The van der Waals surface area contributed by atoms with Gasteiger partial charge in [0.15, 0.2) is 0 Å². The van der Waals surface area contributed by atoms with Crippen molar-refractivity contribution < 1.29 is 11.3 Å². The van der Waals surface area contributed by atoms with Crippen molar-refractivity contribution in [3.05, 3.63) is 0 Å². The van der Waals surface area contributed by atoms with Crippen LogP contribution in [0.5, 0.6) is 0 Å². The molecule has 3 nitrogen and oxygen atoms in total. The molecule has 0 bridgehead atoms. The third-order valence-corrected chi connectivity index (χ3v) is 0.888. The third kappa shape index (κ3) is 1.93. The Morgan fingerprint density at radius 3 is 2.25 bits per heavy atom. The van der Waals surface area contributed by atoms with Gasteiger partial charge >= 0.3 is 5.97 Å². The normalized spacial score (nSPS) is 17.1. The highest BCUT2D eigenvalue weighted by Gasteiger charge is 2.14. The molecule has 0 aliphatic carbocycles. The van der Waals surface area contributed by atoms with Gasteiger partial charge in [0.05, 0.1) is 0 Å². The Bertz CT molecular complexity index is 119. The summed E-state index contributed by atoms with van der Waals surface area (Å²) in [5.74, 6) is -2.22. The fraction of sp³-hybridized carbons (Fsp3) is 0.800. The van der Waals surface area contributed by atoms with Gasteiger partial charge in [-0.3, -0.25) is 4.79 Å². The van der Waals surface area contributed by atoms with Gasteiger partial charge in [-0.05, 0) is 5.89 Å². The molecule has 0 unspecified atom stereocenters. The molecule has 0 heterocycles. The molecule has 0 saturated heterocycles. The van der Waals surface area contributed by atoms with Gasteiger partial charge in [-0.25, -0.2) is 0 Å². The summed E-state index contributed by atoms with van der Waals surface area (Å²) in [5, 5.41) is 8.27. The van der Waals surface area contributed by atoms with Crippen molar-refractivity contribution in [3.8, 4) is 0 Å². The number of hydrogen-bond donors (Lipinski definition) is 2. The highest BCUT2D eigenvalue weighted by Crippen LogP contribution is 1.96. The Morgan fingerprint density at radius 1 is 1.88 bits per heavy atom. The Labute approximate surface area is 49.9 Å². The molecule has 0 aliphatic heterocycles. The van der Waals surface area contributed by atoms with E-state index in [1.54, 1.807) is 0 Å². The van der Waals surface area contributed by atoms with E-state index in [1.807, 2.05) is 0 Å². The topological polar surface area (TPSA) is 63.3 Å². The number of rotatable bonds is 2. The second kappa shape index (κ2) is 2.67. The minimum Gasteiger partial charge on any atom is -0.480 e. The maximum absolute atomic E-state index is 10.1. The van der Waals surface area contributed by atoms with E-state index in [4.69, 9.17) is 12.2 Å². The number of carbonyl (C=O) groups is 1. The summed E-state index contributed by atoms with van der Waals surface area (Å²) in [6, 6.07) is -1.10. The van der Waals surface area contributed by atoms with Crippen molar-refractivity contribution >= 4 is 5.97 Å². The summed E-state index contributed by atoms with van der Waals surface area (Å²) in [6.45, 7) is 2.93. The summed E-state index contributed by atoms with van der Waals surface area (Å²) >= 11 is 0. The first-order valence-electron chi connectivity index (χ1n) is 2.84. The fourth-order valence-corrected chi connectivity index (χ4v) is 0.247. The van der Waals surface area contributed by atoms with Crippen LogP contribution in [0, 0.1) is 5.89 Å². The Morgan fingerprint density at radius 2 is 2.25 bits per heavy atom. The lowest BCUT2D eigenvalue weighted by Crippen LogP contribution is -2.34. The largest absolute Gasteiger partial charge is 0.480 e. The minimum atomic E-state index is -1.13. The maximum atomic E-state index is 10.1. The molecule has 3 N–H and O–H groups in total. The number of carboxylic acid groups (broad SMARTS) is 1. The van der Waals surface area contributed by atoms with Crippen LogP contribution in [0.4, 0.5) is 0 Å². The van der Waals surface area contributed by atoms with Gasteiger partial charge in [-0.2, -0.15) is 0 Å². The Hall–Kier alpha value is -0.570. The zero-order valence-electron chi connectivity index (χ0n) is 6.01. The molecule has 0 rings (SSSR count). The summed E-state index contributed by atoms with van der Waals surface area (Å²) in [4.78, 5) is 10.1. The smallest absolute Gasteiger partial charge is 0.320 e. The van der Waals surface area contributed by atoms with Crippen molar-refractivity contribution in [2.75, 3.05) is 0 Å². The average Bonchev–Trinajstić information content (AvgIpc) is 1.62. The molecule has 0 spiro atoms. The average molecular weight is 118 g/mol. The highest BCUT2D eigenvalue weighted by atomic mass is 16.4. The monoisotopic (exact) mass is 118 g/mol. The van der Waals surface area contributed by atoms with E-state index in [0.717, 1.165) is 0 Å². The van der Waals surface area contributed by atoms with E-state index in [1.165, 1.54) is 13.8 Å². The van der Waals surface area contributed by atoms with E-state index >= 15 is 0 Å². The summed E-state index contributed by atoms with van der Waals surface area (Å²) in [5.41, 5.74) is 5.11. The maximum Gasteiger partial charge on any atom is 0.320 e. The van der Waals surface area contributed by atoms with Crippen molar-refractivity contribution in [3.63, 3.8) is 0 Å². The van der Waals surface area contributed by atoms with Crippen LogP contribution < -0.4 is 5.73 Å². The zero-order chi connectivity index (χ0) is 7.65. The fourth-order valence-electron chi connectivity index (χ4n) is 0.247. The van der Waals surface area contributed by atoms with E-state index in [9.17, 15) is 4.79 Å². The van der Waals surface area contributed by atoms with Crippen LogP contribution in [0.2, 0.25) is 0 Å². The summed E-state index contributed by atoms with van der Waals surface area (Å²) < 4.78 is 7.16. The van der Waals surface area contributed by atoms with Crippen molar-refractivity contribution in [1.82, 2.24) is 0 Å². The summed E-state index contributed by atoms with van der Waals surface area (Å²) in [6.07, 6.45) is 0. The number of carboxylic acids is 1. The van der Waals surface area contributed by atoms with Gasteiger partial charge in [0.1, 0.15) is 6.04 Å². The highest BCUT2D eigenvalue weighted by molar-refractivity contribution is 5.73. The van der Waals surface area contributed by atoms with Crippen LogP contribution in [0.3, 0.4) is 0 Å². The molecular formula is C5H11NO2. The summed E-state index contributed by atoms with van der Waals surface area (Å²) in [7, 11) is 0. The third-order valence-electron chi connectivity index (χ3n) is 0.888. The van der Waals surface area contributed by atoms with Crippen LogP contribution in [0.25, 0.3) is 0 Å². The van der Waals surface area contributed by atoms with Crippen LogP contribution in [-0.4, -0.2) is 17.1 Å². The number of aliphatic carboxylic acids is 1. The SMILES string of the molecule is [2H]C(C)(C)[C@H](N)C(=O)O. The van der Waals surface area contributed by atoms with Gasteiger partial charge in [-0.1, -0.05) is 13.8 Å². The predicted molar refractivity (Wildman–Crippen MR) is 30.4 cm³/mol. The lowest BCUT2D eigenvalue weighted by molar-refractivity contribution is -0.139. The molecule has 1 atom stereocenters. The lowest BCUT2D eigenvalue weighted by Gasteiger charge is -2.07. The molecule has 0 saturated carbocycles. The Kier molecular flexibility index (Phi) is 1.86. The first-order chi connectivity index (χ1) is 3.85. The molecule has 48 valence electrons. The molecule has 0 aromatic rings. The second-order valence-electron chi connectivity index (χ2n) is 1.89. The van der Waals surface area contributed by atoms with Crippen molar-refractivity contribution in [1.29, 1.82) is 0 Å². The number of nitrogens with two attached hydrogens (primary N) is 1. The van der Waals surface area contributed by atoms with Crippen molar-refractivity contribution in [2.45, 2.75) is 19.9 Å². The minimum absolute atomic E-state index is 1.09. The first kappa shape index (κ1) is 5.56. The molecular weight excluding hydrogens is 106 g/mol. The van der Waals surface area contributed by atoms with Gasteiger partial charge in [0.2, 0.25) is 0 Å². The number of hydrogen-bond acceptors (Lipinski definition) is 2. The predicted octanol–water partition coefficient (Wildman–Crippen LogP) is 0.0543. The van der Waals surface area contributed by atoms with E-state index in [-0.39, 0.29) is 0 Å². The molecule has 0 fully saturated rings. The van der Waals surface area contributed by atoms with Crippen LogP contribution in [0.1, 0.15) is 15.2 Å². The second-order valence-corrected chi connectivity index (χ2v) is 1.89. The van der Waals surface area contributed by atoms with E-state index in [0.29, 0.717) is 0 Å². The quantitative estimate of drug-likeness (QED) is 0.538.